The SMILES string of the molecule is NCCN1CC(=O)NC(=O)C1. The van der Waals surface area contributed by atoms with Crippen molar-refractivity contribution in [1.82, 2.24) is 10.2 Å². The first-order valence-electron chi connectivity index (χ1n) is 3.47. The van der Waals surface area contributed by atoms with Gasteiger partial charge in [-0.3, -0.25) is 19.8 Å². The molecule has 1 aliphatic heterocycles. The van der Waals surface area contributed by atoms with Crippen LogP contribution >= 0.6 is 0 Å². The van der Waals surface area contributed by atoms with Crippen molar-refractivity contribution in [2.75, 3.05) is 26.2 Å². The first-order chi connectivity index (χ1) is 5.22. The Morgan fingerprint density at radius 2 is 1.91 bits per heavy atom. The number of carbonyl (C=O) groups excluding carboxylic acids is 2. The largest absolute Gasteiger partial charge is 0.329 e. The first kappa shape index (κ1) is 8.16. The second-order valence-corrected chi connectivity index (χ2v) is 2.47. The fourth-order valence-electron chi connectivity index (χ4n) is 1.04. The maximum absolute atomic E-state index is 10.7. The van der Waals surface area contributed by atoms with Crippen molar-refractivity contribution >= 4 is 11.8 Å². The normalized spacial score (nSPS) is 20.1. The van der Waals surface area contributed by atoms with Gasteiger partial charge in [0, 0.05) is 13.1 Å². The minimum Gasteiger partial charge on any atom is -0.329 e. The summed E-state index contributed by atoms with van der Waals surface area (Å²) in [5.41, 5.74) is 5.27. The lowest BCUT2D eigenvalue weighted by Gasteiger charge is -2.24. The van der Waals surface area contributed by atoms with Gasteiger partial charge in [0.2, 0.25) is 11.8 Å². The van der Waals surface area contributed by atoms with E-state index in [2.05, 4.69) is 5.32 Å². The molecule has 0 saturated carbocycles. The Morgan fingerprint density at radius 1 is 1.36 bits per heavy atom. The molecule has 62 valence electrons. The number of hydrogen-bond acceptors (Lipinski definition) is 4. The molecule has 1 aliphatic rings. The average Bonchev–Trinajstić information content (AvgIpc) is 1.85. The van der Waals surface area contributed by atoms with Gasteiger partial charge in [-0.1, -0.05) is 0 Å². The van der Waals surface area contributed by atoms with Crippen LogP contribution < -0.4 is 11.1 Å². The lowest BCUT2D eigenvalue weighted by molar-refractivity contribution is -0.135. The Labute approximate surface area is 64.5 Å². The molecule has 3 N–H and O–H groups in total. The van der Waals surface area contributed by atoms with Gasteiger partial charge in [0.15, 0.2) is 0 Å². The lowest BCUT2D eigenvalue weighted by atomic mass is 10.3. The Balaban J connectivity index is 2.43. The maximum atomic E-state index is 10.7. The van der Waals surface area contributed by atoms with Crippen LogP contribution in [-0.2, 0) is 9.59 Å². The summed E-state index contributed by atoms with van der Waals surface area (Å²) < 4.78 is 0. The van der Waals surface area contributed by atoms with E-state index in [1.807, 2.05) is 0 Å². The number of amides is 2. The van der Waals surface area contributed by atoms with Crippen LogP contribution in [0.3, 0.4) is 0 Å². The lowest BCUT2D eigenvalue weighted by Crippen LogP contribution is -2.52. The van der Waals surface area contributed by atoms with Crippen molar-refractivity contribution < 1.29 is 9.59 Å². The zero-order valence-electron chi connectivity index (χ0n) is 6.17. The summed E-state index contributed by atoms with van der Waals surface area (Å²) in [5, 5.41) is 2.21. The number of nitrogens with one attached hydrogen (secondary N) is 1. The highest BCUT2D eigenvalue weighted by Crippen LogP contribution is 1.91. The third kappa shape index (κ3) is 2.28. The monoisotopic (exact) mass is 157 g/mol. The van der Waals surface area contributed by atoms with E-state index in [0.29, 0.717) is 13.1 Å². The van der Waals surface area contributed by atoms with Crippen LogP contribution in [0.25, 0.3) is 0 Å². The van der Waals surface area contributed by atoms with Gasteiger partial charge in [0.25, 0.3) is 0 Å². The number of imide groups is 1. The molecule has 0 aromatic heterocycles. The number of hydrogen-bond donors (Lipinski definition) is 2. The van der Waals surface area contributed by atoms with E-state index in [1.54, 1.807) is 4.90 Å². The maximum Gasteiger partial charge on any atom is 0.240 e. The highest BCUT2D eigenvalue weighted by molar-refractivity contribution is 5.99. The zero-order valence-corrected chi connectivity index (χ0v) is 6.17. The third-order valence-corrected chi connectivity index (χ3v) is 1.46. The minimum atomic E-state index is -0.241. The fraction of sp³-hybridized carbons (Fsp3) is 0.667. The van der Waals surface area contributed by atoms with Crippen molar-refractivity contribution in [1.29, 1.82) is 0 Å². The predicted molar refractivity (Wildman–Crippen MR) is 38.6 cm³/mol. The van der Waals surface area contributed by atoms with Crippen LogP contribution in [0.2, 0.25) is 0 Å². The third-order valence-electron chi connectivity index (χ3n) is 1.46. The van der Waals surface area contributed by atoms with Crippen molar-refractivity contribution in [2.45, 2.75) is 0 Å². The summed E-state index contributed by atoms with van der Waals surface area (Å²) in [6.45, 7) is 1.63. The molecular weight excluding hydrogens is 146 g/mol. The van der Waals surface area contributed by atoms with E-state index < -0.39 is 0 Å². The second-order valence-electron chi connectivity index (χ2n) is 2.47. The van der Waals surface area contributed by atoms with Crippen molar-refractivity contribution in [3.05, 3.63) is 0 Å². The van der Waals surface area contributed by atoms with E-state index in [0.717, 1.165) is 0 Å². The topological polar surface area (TPSA) is 75.4 Å². The van der Waals surface area contributed by atoms with Crippen LogP contribution in [0.5, 0.6) is 0 Å². The molecule has 0 aromatic rings. The molecule has 11 heavy (non-hydrogen) atoms. The standard InChI is InChI=1S/C6H11N3O2/c7-1-2-9-3-5(10)8-6(11)4-9/h1-4,7H2,(H,8,10,11). The molecule has 0 spiro atoms. The van der Waals surface area contributed by atoms with Gasteiger partial charge in [-0.25, -0.2) is 0 Å². The summed E-state index contributed by atoms with van der Waals surface area (Å²) in [7, 11) is 0. The average molecular weight is 157 g/mol. The van der Waals surface area contributed by atoms with Gasteiger partial charge in [-0.15, -0.1) is 0 Å². The first-order valence-corrected chi connectivity index (χ1v) is 3.47. The molecule has 5 nitrogen and oxygen atoms in total. The predicted octanol–water partition coefficient (Wildman–Crippen LogP) is -2.10. The molecule has 0 aliphatic carbocycles. The van der Waals surface area contributed by atoms with Crippen LogP contribution in [0.1, 0.15) is 0 Å². The van der Waals surface area contributed by atoms with E-state index in [4.69, 9.17) is 5.73 Å². The highest BCUT2D eigenvalue weighted by atomic mass is 16.2. The van der Waals surface area contributed by atoms with E-state index in [-0.39, 0.29) is 24.9 Å². The van der Waals surface area contributed by atoms with Crippen LogP contribution in [-0.4, -0.2) is 42.9 Å². The summed E-state index contributed by atoms with van der Waals surface area (Å²) in [6, 6.07) is 0. The molecule has 1 fully saturated rings. The van der Waals surface area contributed by atoms with E-state index in [9.17, 15) is 9.59 Å². The molecule has 2 amide bonds. The molecule has 0 radical (unpaired) electrons. The number of piperazine rings is 1. The summed E-state index contributed by atoms with van der Waals surface area (Å²) in [6.07, 6.45) is 0. The van der Waals surface area contributed by atoms with Gasteiger partial charge in [-0.05, 0) is 0 Å². The number of nitrogens with two attached hydrogens (primary N) is 1. The van der Waals surface area contributed by atoms with Gasteiger partial charge in [0.1, 0.15) is 0 Å². The van der Waals surface area contributed by atoms with Crippen molar-refractivity contribution in [3.63, 3.8) is 0 Å². The number of rotatable bonds is 2. The van der Waals surface area contributed by atoms with Gasteiger partial charge in [0.05, 0.1) is 13.1 Å². The molecule has 0 bridgehead atoms. The summed E-state index contributed by atoms with van der Waals surface area (Å²) in [4.78, 5) is 23.2. The molecule has 5 heteroatoms. The van der Waals surface area contributed by atoms with Crippen LogP contribution in [0, 0.1) is 0 Å². The Kier molecular flexibility index (Phi) is 2.56. The Hall–Kier alpha value is -0.940. The molecule has 0 unspecified atom stereocenters. The van der Waals surface area contributed by atoms with E-state index in [1.165, 1.54) is 0 Å². The molecule has 0 aromatic carbocycles. The van der Waals surface area contributed by atoms with Gasteiger partial charge in [-0.2, -0.15) is 0 Å². The van der Waals surface area contributed by atoms with Crippen molar-refractivity contribution in [3.8, 4) is 0 Å². The molecule has 1 rings (SSSR count). The number of nitrogens with zero attached hydrogens (tertiary/aromatic N) is 1. The summed E-state index contributed by atoms with van der Waals surface area (Å²) >= 11 is 0. The quantitative estimate of drug-likeness (QED) is 0.450. The summed E-state index contributed by atoms with van der Waals surface area (Å²) in [5.74, 6) is -0.482. The van der Waals surface area contributed by atoms with Crippen LogP contribution in [0.15, 0.2) is 0 Å². The molecular formula is C6H11N3O2. The fourth-order valence-corrected chi connectivity index (χ4v) is 1.04. The number of carbonyl (C=O) groups is 2. The molecule has 1 saturated heterocycles. The van der Waals surface area contributed by atoms with Gasteiger partial charge >= 0.3 is 0 Å². The molecule has 1 heterocycles. The van der Waals surface area contributed by atoms with Crippen LogP contribution in [0.4, 0.5) is 0 Å². The molecule has 0 atom stereocenters. The smallest absolute Gasteiger partial charge is 0.240 e. The van der Waals surface area contributed by atoms with Gasteiger partial charge < -0.3 is 5.73 Å². The zero-order chi connectivity index (χ0) is 8.27. The Morgan fingerprint density at radius 3 is 2.36 bits per heavy atom. The Bertz CT molecular complexity index is 165. The van der Waals surface area contributed by atoms with Crippen molar-refractivity contribution in [2.24, 2.45) is 5.73 Å². The highest BCUT2D eigenvalue weighted by Gasteiger charge is 2.20. The second kappa shape index (κ2) is 3.45. The van der Waals surface area contributed by atoms with E-state index >= 15 is 0 Å². The minimum absolute atomic E-state index is 0.241.